The normalized spacial score (nSPS) is 19.8. The Morgan fingerprint density at radius 2 is 1.89 bits per heavy atom. The molecule has 0 atom stereocenters. The predicted molar refractivity (Wildman–Crippen MR) is 76.3 cm³/mol. The van der Waals surface area contributed by atoms with Gasteiger partial charge in [-0.2, -0.15) is 0 Å². The molecule has 1 saturated heterocycles. The molecule has 0 spiro atoms. The largest absolute Gasteiger partial charge is 0.338 e. The molecule has 1 aromatic rings. The van der Waals surface area contributed by atoms with Crippen molar-refractivity contribution >= 4 is 5.95 Å². The second kappa shape index (κ2) is 5.43. The lowest BCUT2D eigenvalue weighted by molar-refractivity contribution is 0.311. The van der Waals surface area contributed by atoms with E-state index in [2.05, 4.69) is 29.1 Å². The molecule has 0 bridgehead atoms. The molecule has 104 valence electrons. The van der Waals surface area contributed by atoms with E-state index < -0.39 is 0 Å². The van der Waals surface area contributed by atoms with Gasteiger partial charge in [0.1, 0.15) is 0 Å². The fraction of sp³-hybridized carbons (Fsp3) is 0.714. The molecular formula is C14H23N5. The van der Waals surface area contributed by atoms with Crippen LogP contribution in [0.4, 0.5) is 5.95 Å². The van der Waals surface area contributed by atoms with Crippen molar-refractivity contribution in [2.45, 2.75) is 32.9 Å². The number of fused-ring (bicyclic) bond motifs is 1. The Morgan fingerprint density at radius 3 is 2.63 bits per heavy atom. The first-order chi connectivity index (χ1) is 9.28. The Labute approximate surface area is 115 Å². The molecule has 0 aromatic carbocycles. The van der Waals surface area contributed by atoms with E-state index in [9.17, 15) is 0 Å². The van der Waals surface area contributed by atoms with Crippen LogP contribution >= 0.6 is 0 Å². The summed E-state index contributed by atoms with van der Waals surface area (Å²) in [5.41, 5.74) is 3.82. The van der Waals surface area contributed by atoms with Crippen LogP contribution in [0.3, 0.4) is 0 Å². The zero-order valence-corrected chi connectivity index (χ0v) is 11.9. The molecule has 5 nitrogen and oxygen atoms in total. The third-order valence-electron chi connectivity index (χ3n) is 4.03. The summed E-state index contributed by atoms with van der Waals surface area (Å²) >= 11 is 0. The van der Waals surface area contributed by atoms with Crippen molar-refractivity contribution in [2.24, 2.45) is 0 Å². The first kappa shape index (κ1) is 12.8. The van der Waals surface area contributed by atoms with Gasteiger partial charge < -0.3 is 15.1 Å². The van der Waals surface area contributed by atoms with Crippen LogP contribution in [0.2, 0.25) is 0 Å². The summed E-state index contributed by atoms with van der Waals surface area (Å²) in [7, 11) is 2.17. The van der Waals surface area contributed by atoms with Gasteiger partial charge in [0.15, 0.2) is 0 Å². The molecule has 19 heavy (non-hydrogen) atoms. The van der Waals surface area contributed by atoms with Gasteiger partial charge in [0.2, 0.25) is 5.95 Å². The zero-order valence-electron chi connectivity index (χ0n) is 11.9. The molecule has 0 radical (unpaired) electrons. The Bertz CT molecular complexity index is 451. The van der Waals surface area contributed by atoms with E-state index in [0.717, 1.165) is 58.1 Å². The highest BCUT2D eigenvalue weighted by Crippen LogP contribution is 2.22. The Balaban J connectivity index is 1.87. The molecule has 1 fully saturated rings. The van der Waals surface area contributed by atoms with Crippen LogP contribution in [0.5, 0.6) is 0 Å². The molecule has 0 aliphatic carbocycles. The first-order valence-electron chi connectivity index (χ1n) is 7.31. The minimum atomic E-state index is 0.898. The van der Waals surface area contributed by atoms with E-state index in [1.165, 1.54) is 17.0 Å². The molecule has 2 aliphatic heterocycles. The number of anilines is 1. The molecule has 0 amide bonds. The summed E-state index contributed by atoms with van der Waals surface area (Å²) in [5, 5.41) is 3.39. The number of rotatable bonds is 3. The van der Waals surface area contributed by atoms with Gasteiger partial charge in [-0.15, -0.1) is 0 Å². The standard InChI is InChI=1S/C14H23N5/c1-3-4-12-11-9-15-10-13(11)17-14(16-12)19-7-5-18(2)6-8-19/h15H,3-10H2,1-2H3. The lowest BCUT2D eigenvalue weighted by Crippen LogP contribution is -2.45. The van der Waals surface area contributed by atoms with E-state index in [1.807, 2.05) is 0 Å². The van der Waals surface area contributed by atoms with Gasteiger partial charge in [-0.05, 0) is 13.5 Å². The predicted octanol–water partition coefficient (Wildman–Crippen LogP) is 0.784. The van der Waals surface area contributed by atoms with Crippen molar-refractivity contribution in [1.29, 1.82) is 0 Å². The highest BCUT2D eigenvalue weighted by molar-refractivity contribution is 5.39. The monoisotopic (exact) mass is 261 g/mol. The first-order valence-corrected chi connectivity index (χ1v) is 7.31. The van der Waals surface area contributed by atoms with E-state index in [1.54, 1.807) is 0 Å². The van der Waals surface area contributed by atoms with Gasteiger partial charge in [0.05, 0.1) is 11.4 Å². The number of aryl methyl sites for hydroxylation is 1. The molecule has 5 heteroatoms. The van der Waals surface area contributed by atoms with Gasteiger partial charge in [0, 0.05) is 44.8 Å². The maximum atomic E-state index is 4.84. The Hall–Kier alpha value is -1.20. The van der Waals surface area contributed by atoms with Gasteiger partial charge in [0.25, 0.3) is 0 Å². The highest BCUT2D eigenvalue weighted by Gasteiger charge is 2.22. The fourth-order valence-electron chi connectivity index (χ4n) is 2.82. The summed E-state index contributed by atoms with van der Waals surface area (Å²) in [4.78, 5) is 14.3. The van der Waals surface area contributed by atoms with Crippen molar-refractivity contribution in [2.75, 3.05) is 38.1 Å². The van der Waals surface area contributed by atoms with Crippen LogP contribution in [-0.4, -0.2) is 48.1 Å². The number of hydrogen-bond acceptors (Lipinski definition) is 5. The topological polar surface area (TPSA) is 44.3 Å². The van der Waals surface area contributed by atoms with Gasteiger partial charge in [-0.3, -0.25) is 0 Å². The van der Waals surface area contributed by atoms with Gasteiger partial charge in [-0.25, -0.2) is 9.97 Å². The fourth-order valence-corrected chi connectivity index (χ4v) is 2.82. The second-order valence-electron chi connectivity index (χ2n) is 5.54. The van der Waals surface area contributed by atoms with Crippen molar-refractivity contribution < 1.29 is 0 Å². The maximum absolute atomic E-state index is 4.84. The molecule has 3 rings (SSSR count). The van der Waals surface area contributed by atoms with Gasteiger partial charge in [-0.1, -0.05) is 13.3 Å². The molecular weight excluding hydrogens is 238 g/mol. The summed E-state index contributed by atoms with van der Waals surface area (Å²) in [6.45, 7) is 8.32. The molecule has 3 heterocycles. The summed E-state index contributed by atoms with van der Waals surface area (Å²) in [5.74, 6) is 0.944. The van der Waals surface area contributed by atoms with E-state index >= 15 is 0 Å². The molecule has 2 aliphatic rings. The summed E-state index contributed by atoms with van der Waals surface area (Å²) < 4.78 is 0. The molecule has 1 aromatic heterocycles. The highest BCUT2D eigenvalue weighted by atomic mass is 15.3. The lowest BCUT2D eigenvalue weighted by atomic mass is 10.1. The average molecular weight is 261 g/mol. The van der Waals surface area contributed by atoms with Crippen molar-refractivity contribution in [3.05, 3.63) is 17.0 Å². The van der Waals surface area contributed by atoms with Crippen LogP contribution < -0.4 is 10.2 Å². The Kier molecular flexibility index (Phi) is 3.66. The van der Waals surface area contributed by atoms with Crippen LogP contribution in [0.25, 0.3) is 0 Å². The van der Waals surface area contributed by atoms with E-state index in [-0.39, 0.29) is 0 Å². The van der Waals surface area contributed by atoms with Crippen LogP contribution in [0, 0.1) is 0 Å². The number of aromatic nitrogens is 2. The average Bonchev–Trinajstić information content (AvgIpc) is 2.88. The van der Waals surface area contributed by atoms with Crippen LogP contribution in [0.1, 0.15) is 30.3 Å². The number of piperazine rings is 1. The van der Waals surface area contributed by atoms with Gasteiger partial charge >= 0.3 is 0 Å². The van der Waals surface area contributed by atoms with Crippen molar-refractivity contribution in [1.82, 2.24) is 20.2 Å². The van der Waals surface area contributed by atoms with Crippen LogP contribution in [-0.2, 0) is 19.5 Å². The lowest BCUT2D eigenvalue weighted by Gasteiger charge is -2.32. The summed E-state index contributed by atoms with van der Waals surface area (Å²) in [6, 6.07) is 0. The third-order valence-corrected chi connectivity index (χ3v) is 4.03. The minimum Gasteiger partial charge on any atom is -0.338 e. The minimum absolute atomic E-state index is 0.898. The Morgan fingerprint density at radius 1 is 1.11 bits per heavy atom. The summed E-state index contributed by atoms with van der Waals surface area (Å²) in [6.07, 6.45) is 2.21. The molecule has 0 saturated carbocycles. The number of nitrogens with zero attached hydrogens (tertiary/aromatic N) is 4. The van der Waals surface area contributed by atoms with E-state index in [4.69, 9.17) is 9.97 Å². The molecule has 1 N–H and O–H groups in total. The zero-order chi connectivity index (χ0) is 13.2. The quantitative estimate of drug-likeness (QED) is 0.871. The number of nitrogens with one attached hydrogen (secondary N) is 1. The smallest absolute Gasteiger partial charge is 0.225 e. The van der Waals surface area contributed by atoms with Crippen molar-refractivity contribution in [3.63, 3.8) is 0 Å². The third kappa shape index (κ3) is 2.58. The van der Waals surface area contributed by atoms with E-state index in [0.29, 0.717) is 0 Å². The maximum Gasteiger partial charge on any atom is 0.225 e. The SMILES string of the molecule is CCCc1nc(N2CCN(C)CC2)nc2c1CNC2. The van der Waals surface area contributed by atoms with Crippen molar-refractivity contribution in [3.8, 4) is 0 Å². The molecule has 0 unspecified atom stereocenters. The number of hydrogen-bond donors (Lipinski definition) is 1. The second-order valence-corrected chi connectivity index (χ2v) is 5.54. The van der Waals surface area contributed by atoms with Crippen LogP contribution in [0.15, 0.2) is 0 Å². The number of likely N-dealkylation sites (N-methyl/N-ethyl adjacent to an activating group) is 1.